The Labute approximate surface area is 175 Å². The van der Waals surface area contributed by atoms with Crippen molar-refractivity contribution in [2.24, 2.45) is 0 Å². The van der Waals surface area contributed by atoms with Crippen LogP contribution >= 0.6 is 11.6 Å². The van der Waals surface area contributed by atoms with Gasteiger partial charge in [-0.3, -0.25) is 4.79 Å². The highest BCUT2D eigenvalue weighted by molar-refractivity contribution is 7.91. The lowest BCUT2D eigenvalue weighted by molar-refractivity contribution is 0.0649. The molecule has 0 saturated carbocycles. The zero-order valence-corrected chi connectivity index (χ0v) is 17.9. The van der Waals surface area contributed by atoms with E-state index in [1.165, 1.54) is 0 Å². The first kappa shape index (κ1) is 20.0. The molecule has 2 heterocycles. The third-order valence-corrected chi connectivity index (χ3v) is 7.42. The quantitative estimate of drug-likeness (QED) is 0.608. The van der Waals surface area contributed by atoms with Crippen molar-refractivity contribution in [1.82, 2.24) is 4.90 Å². The Bertz CT molecular complexity index is 1200. The number of halogens is 1. The number of furan rings is 1. The summed E-state index contributed by atoms with van der Waals surface area (Å²) < 4.78 is 30.1. The molecule has 1 amide bonds. The van der Waals surface area contributed by atoms with Crippen molar-refractivity contribution in [1.29, 1.82) is 0 Å². The van der Waals surface area contributed by atoms with Crippen LogP contribution in [0.4, 0.5) is 0 Å². The number of amides is 1. The molecule has 29 heavy (non-hydrogen) atoms. The molecule has 1 unspecified atom stereocenters. The average Bonchev–Trinajstić information content (AvgIpc) is 3.19. The van der Waals surface area contributed by atoms with E-state index in [1.807, 2.05) is 44.2 Å². The molecule has 1 aliphatic rings. The van der Waals surface area contributed by atoms with Gasteiger partial charge in [0.2, 0.25) is 0 Å². The van der Waals surface area contributed by atoms with Gasteiger partial charge in [0.25, 0.3) is 5.91 Å². The standard InChI is InChI=1S/C22H22ClNO4S/c1-14-6-7-20-19(10-14)15(2)21(28-20)22(25)24(18-8-9-29(26,27)13-18)12-16-4-3-5-17(23)11-16/h3-7,10-11,18H,8-9,12-13H2,1-2H3. The van der Waals surface area contributed by atoms with E-state index >= 15 is 0 Å². The fraction of sp³-hybridized carbons (Fsp3) is 0.318. The normalized spacial score (nSPS) is 18.2. The van der Waals surface area contributed by atoms with E-state index in [4.69, 9.17) is 16.0 Å². The lowest BCUT2D eigenvalue weighted by Gasteiger charge is -2.28. The van der Waals surface area contributed by atoms with Crippen molar-refractivity contribution in [2.45, 2.75) is 32.9 Å². The zero-order valence-electron chi connectivity index (χ0n) is 16.3. The van der Waals surface area contributed by atoms with Gasteiger partial charge in [-0.25, -0.2) is 8.42 Å². The SMILES string of the molecule is Cc1ccc2oc(C(=O)N(Cc3cccc(Cl)c3)C3CCS(=O)(=O)C3)c(C)c2c1. The highest BCUT2D eigenvalue weighted by Crippen LogP contribution is 2.30. The Balaban J connectivity index is 1.74. The largest absolute Gasteiger partial charge is 0.451 e. The second kappa shape index (κ2) is 7.50. The first-order valence-electron chi connectivity index (χ1n) is 9.49. The van der Waals surface area contributed by atoms with Crippen LogP contribution in [-0.2, 0) is 16.4 Å². The minimum Gasteiger partial charge on any atom is -0.451 e. The van der Waals surface area contributed by atoms with Gasteiger partial charge in [-0.05, 0) is 50.1 Å². The molecular formula is C22H22ClNO4S. The number of nitrogens with zero attached hydrogens (tertiary/aromatic N) is 1. The monoisotopic (exact) mass is 431 g/mol. The van der Waals surface area contributed by atoms with Gasteiger partial charge in [0.05, 0.1) is 11.5 Å². The molecule has 3 aromatic rings. The second-order valence-corrected chi connectivity index (χ2v) is 10.3. The minimum atomic E-state index is -3.15. The van der Waals surface area contributed by atoms with E-state index in [1.54, 1.807) is 17.0 Å². The van der Waals surface area contributed by atoms with Crippen molar-refractivity contribution in [3.05, 3.63) is 69.9 Å². The van der Waals surface area contributed by atoms with E-state index in [0.29, 0.717) is 17.0 Å². The molecule has 4 rings (SSSR count). The molecule has 0 N–H and O–H groups in total. The Kier molecular flexibility index (Phi) is 5.17. The van der Waals surface area contributed by atoms with E-state index < -0.39 is 9.84 Å². The van der Waals surface area contributed by atoms with Crippen LogP contribution < -0.4 is 0 Å². The number of rotatable bonds is 4. The summed E-state index contributed by atoms with van der Waals surface area (Å²) in [5.74, 6) is 0.0304. The van der Waals surface area contributed by atoms with Crippen molar-refractivity contribution < 1.29 is 17.6 Å². The number of aryl methyl sites for hydroxylation is 2. The third-order valence-electron chi connectivity index (χ3n) is 5.44. The number of benzene rings is 2. The van der Waals surface area contributed by atoms with E-state index in [-0.39, 0.29) is 35.8 Å². The Morgan fingerprint density at radius 3 is 2.69 bits per heavy atom. The lowest BCUT2D eigenvalue weighted by atomic mass is 10.1. The van der Waals surface area contributed by atoms with E-state index in [2.05, 4.69) is 0 Å². The fourth-order valence-electron chi connectivity index (χ4n) is 3.89. The number of fused-ring (bicyclic) bond motifs is 1. The number of hydrogen-bond donors (Lipinski definition) is 0. The van der Waals surface area contributed by atoms with Gasteiger partial charge in [-0.15, -0.1) is 0 Å². The molecule has 152 valence electrons. The van der Waals surface area contributed by atoms with Crippen LogP contribution in [-0.4, -0.2) is 36.8 Å². The maximum atomic E-state index is 13.5. The maximum Gasteiger partial charge on any atom is 0.290 e. The summed E-state index contributed by atoms with van der Waals surface area (Å²) in [5.41, 5.74) is 3.35. The van der Waals surface area contributed by atoms with E-state index in [0.717, 1.165) is 22.1 Å². The lowest BCUT2D eigenvalue weighted by Crippen LogP contribution is -2.40. The van der Waals surface area contributed by atoms with Gasteiger partial charge in [0, 0.05) is 28.6 Å². The molecule has 0 radical (unpaired) electrons. The van der Waals surface area contributed by atoms with Gasteiger partial charge < -0.3 is 9.32 Å². The average molecular weight is 432 g/mol. The van der Waals surface area contributed by atoms with Crippen LogP contribution in [0.5, 0.6) is 0 Å². The molecule has 2 aromatic carbocycles. The molecule has 1 aromatic heterocycles. The molecule has 1 saturated heterocycles. The minimum absolute atomic E-state index is 0.0301. The smallest absolute Gasteiger partial charge is 0.290 e. The summed E-state index contributed by atoms with van der Waals surface area (Å²) in [5, 5.41) is 1.47. The molecule has 1 aliphatic heterocycles. The first-order chi connectivity index (χ1) is 13.7. The molecule has 0 spiro atoms. The summed E-state index contributed by atoms with van der Waals surface area (Å²) in [6.45, 7) is 4.12. The van der Waals surface area contributed by atoms with Crippen LogP contribution in [0.3, 0.4) is 0 Å². The van der Waals surface area contributed by atoms with E-state index in [9.17, 15) is 13.2 Å². The summed E-state index contributed by atoms with van der Waals surface area (Å²) in [4.78, 5) is 15.1. The number of sulfone groups is 1. The summed E-state index contributed by atoms with van der Waals surface area (Å²) in [7, 11) is -3.15. The van der Waals surface area contributed by atoms with Gasteiger partial charge >= 0.3 is 0 Å². The molecular weight excluding hydrogens is 410 g/mol. The Morgan fingerprint density at radius 2 is 2.00 bits per heavy atom. The van der Waals surface area contributed by atoms with Crippen LogP contribution in [0.25, 0.3) is 11.0 Å². The second-order valence-electron chi connectivity index (χ2n) is 7.68. The predicted octanol–water partition coefficient (Wildman–Crippen LogP) is 4.53. The van der Waals surface area contributed by atoms with Gasteiger partial charge in [-0.1, -0.05) is 35.4 Å². The molecule has 0 bridgehead atoms. The molecule has 5 nitrogen and oxygen atoms in total. The number of carbonyl (C=O) groups excluding carboxylic acids is 1. The molecule has 1 fully saturated rings. The highest BCUT2D eigenvalue weighted by Gasteiger charge is 2.36. The van der Waals surface area contributed by atoms with Crippen molar-refractivity contribution in [3.63, 3.8) is 0 Å². The van der Waals surface area contributed by atoms with Crippen molar-refractivity contribution in [3.8, 4) is 0 Å². The maximum absolute atomic E-state index is 13.5. The third kappa shape index (κ3) is 4.05. The number of carbonyl (C=O) groups is 1. The van der Waals surface area contributed by atoms with Crippen molar-refractivity contribution >= 4 is 38.3 Å². The van der Waals surface area contributed by atoms with Crippen LogP contribution in [0.2, 0.25) is 5.02 Å². The summed E-state index contributed by atoms with van der Waals surface area (Å²) in [6, 6.07) is 12.7. The summed E-state index contributed by atoms with van der Waals surface area (Å²) >= 11 is 6.11. The van der Waals surface area contributed by atoms with Gasteiger partial charge in [-0.2, -0.15) is 0 Å². The van der Waals surface area contributed by atoms with Crippen LogP contribution in [0, 0.1) is 13.8 Å². The first-order valence-corrected chi connectivity index (χ1v) is 11.7. The number of hydrogen-bond acceptors (Lipinski definition) is 4. The summed E-state index contributed by atoms with van der Waals surface area (Å²) in [6.07, 6.45) is 0.424. The van der Waals surface area contributed by atoms with Crippen LogP contribution in [0.15, 0.2) is 46.9 Å². The Morgan fingerprint density at radius 1 is 1.21 bits per heavy atom. The molecule has 7 heteroatoms. The highest BCUT2D eigenvalue weighted by atomic mass is 35.5. The fourth-order valence-corrected chi connectivity index (χ4v) is 5.83. The van der Waals surface area contributed by atoms with Gasteiger partial charge in [0.1, 0.15) is 5.58 Å². The zero-order chi connectivity index (χ0) is 20.8. The topological polar surface area (TPSA) is 67.6 Å². The molecule has 1 atom stereocenters. The van der Waals surface area contributed by atoms with Crippen molar-refractivity contribution in [2.75, 3.05) is 11.5 Å². The van der Waals surface area contributed by atoms with Crippen LogP contribution in [0.1, 0.15) is 33.7 Å². The molecule has 0 aliphatic carbocycles. The Hall–Kier alpha value is -2.31. The van der Waals surface area contributed by atoms with Gasteiger partial charge in [0.15, 0.2) is 15.6 Å². The predicted molar refractivity (Wildman–Crippen MR) is 114 cm³/mol.